The number of hydrogen-bond acceptors (Lipinski definition) is 4. The standard InChI is InChI=1S/C20H29N3O3/c1-3-4-11-26-20(25)21-18-8-10-23(14-18)19(24)16-5-6-17-13-22(2)9-7-15(17)12-16/h5-6,12,18H,3-4,7-11,13-14H2,1-2H3,(H,21,25). The molecule has 0 spiro atoms. The molecule has 1 unspecified atom stereocenters. The molecule has 1 saturated heterocycles. The second kappa shape index (κ2) is 8.54. The molecular formula is C20H29N3O3. The molecule has 142 valence electrons. The minimum Gasteiger partial charge on any atom is -0.450 e. The van der Waals surface area contributed by atoms with Crippen LogP contribution in [0.4, 0.5) is 4.79 Å². The van der Waals surface area contributed by atoms with Crippen LogP contribution < -0.4 is 5.32 Å². The van der Waals surface area contributed by atoms with Crippen molar-refractivity contribution < 1.29 is 14.3 Å². The predicted octanol–water partition coefficient (Wildman–Crippen LogP) is 2.42. The Labute approximate surface area is 155 Å². The van der Waals surface area contributed by atoms with E-state index in [0.717, 1.165) is 44.3 Å². The summed E-state index contributed by atoms with van der Waals surface area (Å²) < 4.78 is 5.14. The van der Waals surface area contributed by atoms with Gasteiger partial charge in [0.1, 0.15) is 0 Å². The van der Waals surface area contributed by atoms with Gasteiger partial charge in [0.15, 0.2) is 0 Å². The minimum absolute atomic E-state index is 0.0284. The molecule has 26 heavy (non-hydrogen) atoms. The first-order chi connectivity index (χ1) is 12.6. The van der Waals surface area contributed by atoms with Crippen LogP contribution in [0.1, 0.15) is 47.7 Å². The highest BCUT2D eigenvalue weighted by Crippen LogP contribution is 2.21. The summed E-state index contributed by atoms with van der Waals surface area (Å²) in [6.07, 6.45) is 3.24. The van der Waals surface area contributed by atoms with E-state index in [2.05, 4.69) is 30.3 Å². The number of unbranched alkanes of at least 4 members (excludes halogenated alkanes) is 1. The number of likely N-dealkylation sites (tertiary alicyclic amines) is 1. The molecule has 2 aliphatic heterocycles. The molecule has 6 heteroatoms. The Morgan fingerprint density at radius 3 is 2.92 bits per heavy atom. The van der Waals surface area contributed by atoms with Gasteiger partial charge in [-0.05, 0) is 49.6 Å². The maximum absolute atomic E-state index is 12.8. The van der Waals surface area contributed by atoms with Crippen LogP contribution in [0.15, 0.2) is 18.2 Å². The lowest BCUT2D eigenvalue weighted by atomic mass is 9.97. The summed E-state index contributed by atoms with van der Waals surface area (Å²) in [4.78, 5) is 28.7. The third-order valence-corrected chi connectivity index (χ3v) is 5.18. The van der Waals surface area contributed by atoms with Crippen molar-refractivity contribution >= 4 is 12.0 Å². The number of ether oxygens (including phenoxy) is 1. The lowest BCUT2D eigenvalue weighted by Gasteiger charge is -2.25. The highest BCUT2D eigenvalue weighted by atomic mass is 16.5. The quantitative estimate of drug-likeness (QED) is 0.820. The number of fused-ring (bicyclic) bond motifs is 1. The van der Waals surface area contributed by atoms with Gasteiger partial charge in [0.05, 0.1) is 12.6 Å². The number of rotatable bonds is 5. The molecule has 2 heterocycles. The van der Waals surface area contributed by atoms with Gasteiger partial charge >= 0.3 is 6.09 Å². The first kappa shape index (κ1) is 18.7. The maximum Gasteiger partial charge on any atom is 0.407 e. The summed E-state index contributed by atoms with van der Waals surface area (Å²) in [5.41, 5.74) is 3.34. The van der Waals surface area contributed by atoms with E-state index in [1.54, 1.807) is 0 Å². The van der Waals surface area contributed by atoms with E-state index in [0.29, 0.717) is 19.7 Å². The van der Waals surface area contributed by atoms with E-state index in [1.165, 1.54) is 11.1 Å². The average molecular weight is 359 g/mol. The van der Waals surface area contributed by atoms with Crippen LogP contribution in [-0.4, -0.2) is 61.1 Å². The molecule has 2 amide bonds. The number of likely N-dealkylation sites (N-methyl/N-ethyl adjacent to an activating group) is 1. The maximum atomic E-state index is 12.8. The first-order valence-electron chi connectivity index (χ1n) is 9.59. The van der Waals surface area contributed by atoms with Crippen molar-refractivity contribution in [3.8, 4) is 0 Å². The fourth-order valence-corrected chi connectivity index (χ4v) is 3.59. The van der Waals surface area contributed by atoms with E-state index in [9.17, 15) is 9.59 Å². The van der Waals surface area contributed by atoms with Crippen molar-refractivity contribution in [1.29, 1.82) is 0 Å². The molecule has 1 atom stereocenters. The Balaban J connectivity index is 1.54. The Hall–Kier alpha value is -2.08. The number of nitrogens with zero attached hydrogens (tertiary/aromatic N) is 2. The zero-order valence-corrected chi connectivity index (χ0v) is 15.8. The lowest BCUT2D eigenvalue weighted by Crippen LogP contribution is -2.39. The normalized spacial score (nSPS) is 19.9. The van der Waals surface area contributed by atoms with Crippen molar-refractivity contribution in [2.45, 2.75) is 45.2 Å². The third kappa shape index (κ3) is 4.55. The lowest BCUT2D eigenvalue weighted by molar-refractivity contribution is 0.0787. The van der Waals surface area contributed by atoms with Gasteiger partial charge in [0, 0.05) is 31.7 Å². The number of amides is 2. The van der Waals surface area contributed by atoms with Gasteiger partial charge in [-0.2, -0.15) is 0 Å². The second-order valence-electron chi connectivity index (χ2n) is 7.34. The van der Waals surface area contributed by atoms with Gasteiger partial charge in [-0.25, -0.2) is 4.79 Å². The van der Waals surface area contributed by atoms with Crippen LogP contribution >= 0.6 is 0 Å². The molecule has 0 radical (unpaired) electrons. The molecule has 0 aliphatic carbocycles. The molecule has 1 fully saturated rings. The van der Waals surface area contributed by atoms with Crippen LogP contribution in [-0.2, 0) is 17.7 Å². The van der Waals surface area contributed by atoms with Crippen LogP contribution in [0.5, 0.6) is 0 Å². The molecule has 0 aromatic heterocycles. The van der Waals surface area contributed by atoms with Crippen LogP contribution in [0.3, 0.4) is 0 Å². The Morgan fingerprint density at radius 1 is 1.27 bits per heavy atom. The molecular weight excluding hydrogens is 330 g/mol. The number of carbonyl (C=O) groups excluding carboxylic acids is 2. The molecule has 1 aromatic rings. The topological polar surface area (TPSA) is 61.9 Å². The van der Waals surface area contributed by atoms with E-state index < -0.39 is 0 Å². The fraction of sp³-hybridized carbons (Fsp3) is 0.600. The first-order valence-corrected chi connectivity index (χ1v) is 9.59. The monoisotopic (exact) mass is 359 g/mol. The third-order valence-electron chi connectivity index (χ3n) is 5.18. The van der Waals surface area contributed by atoms with Gasteiger partial charge in [-0.15, -0.1) is 0 Å². The molecule has 3 rings (SSSR count). The van der Waals surface area contributed by atoms with Crippen molar-refractivity contribution in [2.24, 2.45) is 0 Å². The summed E-state index contributed by atoms with van der Waals surface area (Å²) in [5.74, 6) is 0.0513. The van der Waals surface area contributed by atoms with Crippen LogP contribution in [0, 0.1) is 0 Å². The fourth-order valence-electron chi connectivity index (χ4n) is 3.59. The molecule has 1 aromatic carbocycles. The van der Waals surface area contributed by atoms with Gasteiger partial charge < -0.3 is 19.9 Å². The molecule has 2 aliphatic rings. The summed E-state index contributed by atoms with van der Waals surface area (Å²) in [5, 5.41) is 2.87. The smallest absolute Gasteiger partial charge is 0.407 e. The van der Waals surface area contributed by atoms with E-state index in [1.807, 2.05) is 17.0 Å². The summed E-state index contributed by atoms with van der Waals surface area (Å²) >= 11 is 0. The zero-order valence-electron chi connectivity index (χ0n) is 15.8. The zero-order chi connectivity index (χ0) is 18.5. The van der Waals surface area contributed by atoms with Crippen molar-refractivity contribution in [1.82, 2.24) is 15.1 Å². The summed E-state index contributed by atoms with van der Waals surface area (Å²) in [7, 11) is 2.12. The Bertz CT molecular complexity index is 662. The van der Waals surface area contributed by atoms with Crippen molar-refractivity contribution in [3.63, 3.8) is 0 Å². The van der Waals surface area contributed by atoms with Crippen molar-refractivity contribution in [2.75, 3.05) is 33.3 Å². The largest absolute Gasteiger partial charge is 0.450 e. The highest BCUT2D eigenvalue weighted by molar-refractivity contribution is 5.94. The Morgan fingerprint density at radius 2 is 2.12 bits per heavy atom. The van der Waals surface area contributed by atoms with E-state index >= 15 is 0 Å². The summed E-state index contributed by atoms with van der Waals surface area (Å²) in [6.45, 7) is 5.68. The van der Waals surface area contributed by atoms with Gasteiger partial charge in [0.2, 0.25) is 0 Å². The SMILES string of the molecule is CCCCOC(=O)NC1CCN(C(=O)c2ccc3c(c2)CCN(C)C3)C1. The molecule has 0 saturated carbocycles. The number of hydrogen-bond donors (Lipinski definition) is 1. The second-order valence-corrected chi connectivity index (χ2v) is 7.34. The van der Waals surface area contributed by atoms with E-state index in [-0.39, 0.29) is 18.0 Å². The number of alkyl carbamates (subject to hydrolysis) is 1. The Kier molecular flexibility index (Phi) is 6.14. The van der Waals surface area contributed by atoms with Gasteiger partial charge in [-0.1, -0.05) is 19.4 Å². The highest BCUT2D eigenvalue weighted by Gasteiger charge is 2.28. The number of benzene rings is 1. The van der Waals surface area contributed by atoms with Gasteiger partial charge in [-0.3, -0.25) is 4.79 Å². The van der Waals surface area contributed by atoms with Crippen molar-refractivity contribution in [3.05, 3.63) is 34.9 Å². The number of carbonyl (C=O) groups is 2. The van der Waals surface area contributed by atoms with Crippen LogP contribution in [0.2, 0.25) is 0 Å². The van der Waals surface area contributed by atoms with E-state index in [4.69, 9.17) is 4.74 Å². The molecule has 0 bridgehead atoms. The molecule has 6 nitrogen and oxygen atoms in total. The molecule has 1 N–H and O–H groups in total. The summed E-state index contributed by atoms with van der Waals surface area (Å²) in [6, 6.07) is 6.03. The number of nitrogens with one attached hydrogen (secondary N) is 1. The van der Waals surface area contributed by atoms with Crippen LogP contribution in [0.25, 0.3) is 0 Å². The van der Waals surface area contributed by atoms with Gasteiger partial charge in [0.25, 0.3) is 5.91 Å². The minimum atomic E-state index is -0.379. The average Bonchev–Trinajstić information content (AvgIpc) is 3.09. The predicted molar refractivity (Wildman–Crippen MR) is 100 cm³/mol.